The number of aliphatic hydroxyl groups is 1. The van der Waals surface area contributed by atoms with E-state index in [1.165, 1.54) is 5.56 Å². The molecule has 3 rings (SSSR count). The molecular weight excluding hydrogens is 308 g/mol. The number of halogens is 1. The Morgan fingerprint density at radius 1 is 1.13 bits per heavy atom. The van der Waals surface area contributed by atoms with E-state index in [0.29, 0.717) is 13.0 Å². The van der Waals surface area contributed by atoms with Crippen LogP contribution in [0.2, 0.25) is 5.02 Å². The lowest BCUT2D eigenvalue weighted by molar-refractivity contribution is 0.324. The molecule has 0 spiro atoms. The first-order valence-electron chi connectivity index (χ1n) is 7.73. The number of benzene rings is 2. The van der Waals surface area contributed by atoms with Gasteiger partial charge in [-0.3, -0.25) is 0 Å². The molecule has 0 unspecified atom stereocenters. The Kier molecular flexibility index (Phi) is 5.21. The van der Waals surface area contributed by atoms with E-state index in [2.05, 4.69) is 10.2 Å². The molecule has 3 nitrogen and oxygen atoms in total. The second kappa shape index (κ2) is 7.53. The van der Waals surface area contributed by atoms with Crippen LogP contribution in [-0.2, 0) is 0 Å². The summed E-state index contributed by atoms with van der Waals surface area (Å²) < 4.78 is 0. The third-order valence-electron chi connectivity index (χ3n) is 4.12. The van der Waals surface area contributed by atoms with E-state index >= 15 is 0 Å². The quantitative estimate of drug-likeness (QED) is 0.848. The van der Waals surface area contributed by atoms with Gasteiger partial charge in [-0.2, -0.15) is 10.2 Å². The molecule has 0 amide bonds. The first-order valence-corrected chi connectivity index (χ1v) is 8.11. The predicted octanol–water partition coefficient (Wildman–Crippen LogP) is 4.72. The van der Waals surface area contributed by atoms with Gasteiger partial charge in [0.2, 0.25) is 0 Å². The molecule has 0 radical (unpaired) electrons. The van der Waals surface area contributed by atoms with Crippen LogP contribution in [0.3, 0.4) is 0 Å². The molecule has 0 aromatic heterocycles. The lowest BCUT2D eigenvalue weighted by Gasteiger charge is -2.18. The summed E-state index contributed by atoms with van der Waals surface area (Å²) in [5, 5.41) is 19.0. The highest BCUT2D eigenvalue weighted by atomic mass is 35.5. The Morgan fingerprint density at radius 2 is 1.87 bits per heavy atom. The normalized spacial score (nSPS) is 20.9. The maximum Gasteiger partial charge on any atom is 0.0833 e. The summed E-state index contributed by atoms with van der Waals surface area (Å²) >= 11 is 5.96. The SMILES string of the molecule is OC/C(=C/c1ccccc1)C[C@@H]1N=NC[C@H]1c1ccc(Cl)cc1. The van der Waals surface area contributed by atoms with Crippen molar-refractivity contribution in [3.8, 4) is 0 Å². The zero-order valence-electron chi connectivity index (χ0n) is 12.8. The van der Waals surface area contributed by atoms with Crippen molar-refractivity contribution in [1.29, 1.82) is 0 Å². The Hall–Kier alpha value is -1.97. The standard InChI is InChI=1S/C19H19ClN2O/c20-17-8-6-16(7-9-17)18-12-21-22-19(18)11-15(13-23)10-14-4-2-1-3-5-14/h1-10,18-19,23H,11-13H2/b15-10+/t18-,19-/m0/s1. The first kappa shape index (κ1) is 15.9. The summed E-state index contributed by atoms with van der Waals surface area (Å²) in [6.45, 7) is 0.727. The van der Waals surface area contributed by atoms with Crippen molar-refractivity contribution in [2.75, 3.05) is 13.2 Å². The minimum absolute atomic E-state index is 0.0360. The lowest BCUT2D eigenvalue weighted by Crippen LogP contribution is -2.16. The molecule has 1 N–H and O–H groups in total. The highest BCUT2D eigenvalue weighted by Crippen LogP contribution is 2.32. The van der Waals surface area contributed by atoms with Gasteiger partial charge >= 0.3 is 0 Å². The van der Waals surface area contributed by atoms with Gasteiger partial charge in [-0.15, -0.1) is 0 Å². The van der Waals surface area contributed by atoms with E-state index in [1.807, 2.05) is 60.7 Å². The third-order valence-corrected chi connectivity index (χ3v) is 4.37. The van der Waals surface area contributed by atoms with Crippen LogP contribution in [0.4, 0.5) is 0 Å². The molecule has 23 heavy (non-hydrogen) atoms. The van der Waals surface area contributed by atoms with Gasteiger partial charge in [0.1, 0.15) is 0 Å². The number of nitrogens with zero attached hydrogens (tertiary/aromatic N) is 2. The average molecular weight is 327 g/mol. The first-order chi connectivity index (χ1) is 11.3. The molecule has 0 bridgehead atoms. The Balaban J connectivity index is 1.75. The molecule has 1 aliphatic rings. The van der Waals surface area contributed by atoms with Crippen LogP contribution in [0, 0.1) is 0 Å². The molecule has 0 fully saturated rings. The Labute approximate surface area is 141 Å². The number of rotatable bonds is 5. The lowest BCUT2D eigenvalue weighted by atomic mass is 9.88. The van der Waals surface area contributed by atoms with E-state index in [4.69, 9.17) is 11.6 Å². The number of aliphatic hydroxyl groups excluding tert-OH is 1. The molecule has 0 saturated heterocycles. The van der Waals surface area contributed by atoms with Crippen LogP contribution in [0.5, 0.6) is 0 Å². The summed E-state index contributed by atoms with van der Waals surface area (Å²) in [5.41, 5.74) is 3.26. The Bertz CT molecular complexity index is 695. The topological polar surface area (TPSA) is 45.0 Å². The summed E-state index contributed by atoms with van der Waals surface area (Å²) in [4.78, 5) is 0. The van der Waals surface area contributed by atoms with Crippen LogP contribution in [0.25, 0.3) is 6.08 Å². The van der Waals surface area contributed by atoms with Crippen LogP contribution in [0.15, 0.2) is 70.4 Å². The van der Waals surface area contributed by atoms with Crippen LogP contribution < -0.4 is 0 Å². The number of hydrogen-bond donors (Lipinski definition) is 1. The maximum absolute atomic E-state index is 9.68. The smallest absolute Gasteiger partial charge is 0.0833 e. The van der Waals surface area contributed by atoms with E-state index < -0.39 is 0 Å². The average Bonchev–Trinajstić information content (AvgIpc) is 3.04. The monoisotopic (exact) mass is 326 g/mol. The van der Waals surface area contributed by atoms with E-state index in [9.17, 15) is 5.11 Å². The zero-order valence-corrected chi connectivity index (χ0v) is 13.5. The highest BCUT2D eigenvalue weighted by molar-refractivity contribution is 6.30. The summed E-state index contributed by atoms with van der Waals surface area (Å²) in [6, 6.07) is 18.0. The molecular formula is C19H19ClN2O. The van der Waals surface area contributed by atoms with Crippen molar-refractivity contribution in [3.05, 3.63) is 76.3 Å². The predicted molar refractivity (Wildman–Crippen MR) is 93.8 cm³/mol. The largest absolute Gasteiger partial charge is 0.392 e. The second-order valence-electron chi connectivity index (χ2n) is 5.74. The number of hydrogen-bond acceptors (Lipinski definition) is 3. The van der Waals surface area contributed by atoms with E-state index in [1.54, 1.807) is 0 Å². The summed E-state index contributed by atoms with van der Waals surface area (Å²) in [6.07, 6.45) is 2.74. The summed E-state index contributed by atoms with van der Waals surface area (Å²) in [7, 11) is 0. The van der Waals surface area contributed by atoms with Gasteiger partial charge in [-0.05, 0) is 35.3 Å². The fourth-order valence-electron chi connectivity index (χ4n) is 2.89. The maximum atomic E-state index is 9.68. The van der Waals surface area contributed by atoms with Crippen LogP contribution in [-0.4, -0.2) is 24.3 Å². The van der Waals surface area contributed by atoms with Crippen LogP contribution >= 0.6 is 11.6 Å². The minimum Gasteiger partial charge on any atom is -0.392 e. The fraction of sp³-hybridized carbons (Fsp3) is 0.263. The van der Waals surface area contributed by atoms with Gasteiger partial charge in [-0.1, -0.05) is 60.1 Å². The van der Waals surface area contributed by atoms with E-state index in [-0.39, 0.29) is 18.6 Å². The van der Waals surface area contributed by atoms with Gasteiger partial charge in [0, 0.05) is 10.9 Å². The van der Waals surface area contributed by atoms with E-state index in [0.717, 1.165) is 16.2 Å². The molecule has 1 aliphatic heterocycles. The van der Waals surface area contributed by atoms with Crippen molar-refractivity contribution in [2.45, 2.75) is 18.4 Å². The molecule has 2 atom stereocenters. The highest BCUT2D eigenvalue weighted by Gasteiger charge is 2.28. The Morgan fingerprint density at radius 3 is 2.57 bits per heavy atom. The third kappa shape index (κ3) is 4.06. The van der Waals surface area contributed by atoms with Gasteiger partial charge in [-0.25, -0.2) is 0 Å². The summed E-state index contributed by atoms with van der Waals surface area (Å²) in [5.74, 6) is 0.248. The fourth-order valence-corrected chi connectivity index (χ4v) is 3.01. The molecule has 1 heterocycles. The van der Waals surface area contributed by atoms with Gasteiger partial charge < -0.3 is 5.11 Å². The van der Waals surface area contributed by atoms with Gasteiger partial charge in [0.05, 0.1) is 19.2 Å². The van der Waals surface area contributed by atoms with Gasteiger partial charge in [0.25, 0.3) is 0 Å². The zero-order chi connectivity index (χ0) is 16.1. The van der Waals surface area contributed by atoms with Crippen molar-refractivity contribution in [1.82, 2.24) is 0 Å². The van der Waals surface area contributed by atoms with Crippen molar-refractivity contribution in [2.24, 2.45) is 10.2 Å². The second-order valence-corrected chi connectivity index (χ2v) is 6.18. The van der Waals surface area contributed by atoms with Crippen molar-refractivity contribution < 1.29 is 5.11 Å². The van der Waals surface area contributed by atoms with Gasteiger partial charge in [0.15, 0.2) is 0 Å². The molecule has 0 aliphatic carbocycles. The number of azo groups is 1. The molecule has 118 valence electrons. The van der Waals surface area contributed by atoms with Crippen molar-refractivity contribution in [3.63, 3.8) is 0 Å². The van der Waals surface area contributed by atoms with Crippen molar-refractivity contribution >= 4 is 17.7 Å². The molecule has 2 aromatic carbocycles. The molecule has 2 aromatic rings. The molecule has 4 heteroatoms. The molecule has 0 saturated carbocycles. The minimum atomic E-state index is 0.0360. The van der Waals surface area contributed by atoms with Crippen LogP contribution in [0.1, 0.15) is 23.5 Å².